The fourth-order valence-corrected chi connectivity index (χ4v) is 3.73. The van der Waals surface area contributed by atoms with Gasteiger partial charge in [-0.2, -0.15) is 0 Å². The fourth-order valence-electron chi connectivity index (χ4n) is 3.73. The summed E-state index contributed by atoms with van der Waals surface area (Å²) in [6.45, 7) is 6.84. The van der Waals surface area contributed by atoms with Gasteiger partial charge in [-0.1, -0.05) is 18.6 Å². The number of ether oxygens (including phenoxy) is 2. The van der Waals surface area contributed by atoms with E-state index in [4.69, 9.17) is 9.47 Å². The normalized spacial score (nSPS) is 21.3. The molecule has 2 amide bonds. The number of methoxy groups -OCH3 is 1. The number of rotatable bonds is 7. The topological polar surface area (TPSA) is 54.0 Å². The molecule has 0 radical (unpaired) electrons. The summed E-state index contributed by atoms with van der Waals surface area (Å²) in [5.74, 6) is 0.818. The molecule has 0 saturated carbocycles. The van der Waals surface area contributed by atoms with Gasteiger partial charge in [0, 0.05) is 38.8 Å². The largest absolute Gasteiger partial charge is 0.491 e. The first kappa shape index (κ1) is 19.0. The van der Waals surface area contributed by atoms with Gasteiger partial charge in [0.2, 0.25) is 0 Å². The second-order valence-corrected chi connectivity index (χ2v) is 7.29. The molecule has 1 aromatic rings. The van der Waals surface area contributed by atoms with Crippen molar-refractivity contribution in [2.24, 2.45) is 0 Å². The second-order valence-electron chi connectivity index (χ2n) is 7.29. The van der Waals surface area contributed by atoms with Gasteiger partial charge in [-0.25, -0.2) is 4.79 Å². The lowest BCUT2D eigenvalue weighted by Gasteiger charge is -2.49. The molecular formula is C20H31N3O3. The predicted molar refractivity (Wildman–Crippen MR) is 101 cm³/mol. The lowest BCUT2D eigenvalue weighted by Crippen LogP contribution is -2.64. The molecule has 3 rings (SSSR count). The highest BCUT2D eigenvalue weighted by Gasteiger charge is 2.37. The molecular weight excluding hydrogens is 330 g/mol. The molecule has 26 heavy (non-hydrogen) atoms. The van der Waals surface area contributed by atoms with Gasteiger partial charge in [-0.15, -0.1) is 0 Å². The van der Waals surface area contributed by atoms with Gasteiger partial charge in [-0.05, 0) is 44.0 Å². The summed E-state index contributed by atoms with van der Waals surface area (Å²) in [6, 6.07) is 9.05. The number of urea groups is 1. The van der Waals surface area contributed by atoms with Gasteiger partial charge in [0.15, 0.2) is 0 Å². The number of piperidine rings is 1. The maximum absolute atomic E-state index is 12.3. The van der Waals surface area contributed by atoms with Crippen molar-refractivity contribution in [2.75, 3.05) is 40.0 Å². The van der Waals surface area contributed by atoms with Crippen molar-refractivity contribution in [3.05, 3.63) is 29.8 Å². The Labute approximate surface area is 156 Å². The van der Waals surface area contributed by atoms with Crippen LogP contribution in [0.5, 0.6) is 5.75 Å². The summed E-state index contributed by atoms with van der Waals surface area (Å²) in [7, 11) is 1.66. The summed E-state index contributed by atoms with van der Waals surface area (Å²) >= 11 is 0. The van der Waals surface area contributed by atoms with Gasteiger partial charge in [0.05, 0.1) is 6.61 Å². The van der Waals surface area contributed by atoms with E-state index in [1.807, 2.05) is 29.2 Å². The number of hydrogen-bond donors (Lipinski definition) is 1. The van der Waals surface area contributed by atoms with E-state index in [0.717, 1.165) is 24.4 Å². The van der Waals surface area contributed by atoms with Gasteiger partial charge in [-0.3, -0.25) is 4.90 Å². The average molecular weight is 361 g/mol. The molecule has 0 bridgehead atoms. The van der Waals surface area contributed by atoms with Crippen molar-refractivity contribution in [3.63, 3.8) is 0 Å². The van der Waals surface area contributed by atoms with Crippen molar-refractivity contribution in [2.45, 2.75) is 44.8 Å². The molecule has 0 aromatic heterocycles. The van der Waals surface area contributed by atoms with Crippen molar-refractivity contribution >= 4 is 6.03 Å². The quantitative estimate of drug-likeness (QED) is 0.758. The number of nitrogens with zero attached hydrogens (tertiary/aromatic N) is 2. The monoisotopic (exact) mass is 361 g/mol. The number of amides is 2. The summed E-state index contributed by atoms with van der Waals surface area (Å²) in [5, 5.41) is 3.02. The Morgan fingerprint density at radius 1 is 1.19 bits per heavy atom. The lowest BCUT2D eigenvalue weighted by atomic mass is 9.98. The Morgan fingerprint density at radius 2 is 1.96 bits per heavy atom. The average Bonchev–Trinajstić information content (AvgIpc) is 2.61. The SMILES string of the molecule is COCCOc1ccc(CNC(=O)N2CC(N3CCCCC3C)C2)cc1. The van der Waals surface area contributed by atoms with Gasteiger partial charge >= 0.3 is 6.03 Å². The molecule has 2 aliphatic heterocycles. The molecule has 1 aromatic carbocycles. The maximum atomic E-state index is 12.3. The van der Waals surface area contributed by atoms with Crippen LogP contribution in [0.2, 0.25) is 0 Å². The van der Waals surface area contributed by atoms with Crippen LogP contribution in [0.15, 0.2) is 24.3 Å². The van der Waals surface area contributed by atoms with Crippen LogP contribution in [-0.2, 0) is 11.3 Å². The fraction of sp³-hybridized carbons (Fsp3) is 0.650. The molecule has 0 spiro atoms. The number of carbonyl (C=O) groups excluding carboxylic acids is 1. The third kappa shape index (κ3) is 4.89. The van der Waals surface area contributed by atoms with E-state index in [-0.39, 0.29) is 6.03 Å². The predicted octanol–water partition coefficient (Wildman–Crippen LogP) is 2.48. The first-order valence-electron chi connectivity index (χ1n) is 9.66. The van der Waals surface area contributed by atoms with Crippen LogP contribution in [0.1, 0.15) is 31.7 Å². The molecule has 2 heterocycles. The van der Waals surface area contributed by atoms with E-state index < -0.39 is 0 Å². The Balaban J connectivity index is 1.37. The van der Waals surface area contributed by atoms with Crippen molar-refractivity contribution in [1.29, 1.82) is 0 Å². The number of likely N-dealkylation sites (tertiary alicyclic amines) is 2. The Kier molecular flexibility index (Phi) is 6.74. The number of nitrogens with one attached hydrogen (secondary N) is 1. The van der Waals surface area contributed by atoms with E-state index >= 15 is 0 Å². The third-order valence-electron chi connectivity index (χ3n) is 5.40. The molecule has 2 aliphatic rings. The first-order chi connectivity index (χ1) is 12.7. The summed E-state index contributed by atoms with van der Waals surface area (Å²) < 4.78 is 10.5. The Hall–Kier alpha value is -1.79. The smallest absolute Gasteiger partial charge is 0.317 e. The van der Waals surface area contributed by atoms with Gasteiger partial charge in [0.1, 0.15) is 12.4 Å². The van der Waals surface area contributed by atoms with Crippen LogP contribution in [0.4, 0.5) is 4.79 Å². The highest BCUT2D eigenvalue weighted by atomic mass is 16.5. The number of hydrogen-bond acceptors (Lipinski definition) is 4. The van der Waals surface area contributed by atoms with Crippen molar-refractivity contribution in [1.82, 2.24) is 15.1 Å². The zero-order valence-corrected chi connectivity index (χ0v) is 15.9. The number of benzene rings is 1. The minimum atomic E-state index is 0.0336. The molecule has 1 unspecified atom stereocenters. The van der Waals surface area contributed by atoms with E-state index in [0.29, 0.717) is 31.8 Å². The first-order valence-corrected chi connectivity index (χ1v) is 9.66. The minimum absolute atomic E-state index is 0.0336. The van der Waals surface area contributed by atoms with E-state index in [9.17, 15) is 4.79 Å². The molecule has 144 valence electrons. The Morgan fingerprint density at radius 3 is 2.65 bits per heavy atom. The molecule has 2 saturated heterocycles. The summed E-state index contributed by atoms with van der Waals surface area (Å²) in [4.78, 5) is 16.8. The molecule has 6 heteroatoms. The molecule has 1 N–H and O–H groups in total. The van der Waals surface area contributed by atoms with E-state index in [1.165, 1.54) is 25.8 Å². The van der Waals surface area contributed by atoms with Crippen molar-refractivity contribution < 1.29 is 14.3 Å². The second kappa shape index (κ2) is 9.24. The molecule has 0 aliphatic carbocycles. The molecule has 1 atom stereocenters. The highest BCUT2D eigenvalue weighted by Crippen LogP contribution is 2.24. The van der Waals surface area contributed by atoms with Crippen LogP contribution in [0.25, 0.3) is 0 Å². The third-order valence-corrected chi connectivity index (χ3v) is 5.40. The zero-order chi connectivity index (χ0) is 18.4. The van der Waals surface area contributed by atoms with Crippen molar-refractivity contribution in [3.8, 4) is 5.75 Å². The van der Waals surface area contributed by atoms with Crippen LogP contribution in [-0.4, -0.2) is 67.9 Å². The standard InChI is InChI=1S/C20H31N3O3/c1-16-5-3-4-10-23(16)18-14-22(15-18)20(24)21-13-17-6-8-19(9-7-17)26-12-11-25-2/h6-9,16,18H,3-5,10-15H2,1-2H3,(H,21,24). The molecule has 2 fully saturated rings. The van der Waals surface area contributed by atoms with E-state index in [1.54, 1.807) is 7.11 Å². The Bertz CT molecular complexity index is 572. The lowest BCUT2D eigenvalue weighted by molar-refractivity contribution is 0.0169. The van der Waals surface area contributed by atoms with Crippen LogP contribution >= 0.6 is 0 Å². The zero-order valence-electron chi connectivity index (χ0n) is 15.9. The summed E-state index contributed by atoms with van der Waals surface area (Å²) in [6.07, 6.45) is 3.91. The van der Waals surface area contributed by atoms with Gasteiger partial charge in [0.25, 0.3) is 0 Å². The number of carbonyl (C=O) groups is 1. The maximum Gasteiger partial charge on any atom is 0.317 e. The van der Waals surface area contributed by atoms with Gasteiger partial charge < -0.3 is 19.7 Å². The van der Waals surface area contributed by atoms with Crippen LogP contribution < -0.4 is 10.1 Å². The van der Waals surface area contributed by atoms with Crippen LogP contribution in [0.3, 0.4) is 0 Å². The highest BCUT2D eigenvalue weighted by molar-refractivity contribution is 5.75. The van der Waals surface area contributed by atoms with Crippen LogP contribution in [0, 0.1) is 0 Å². The molecule has 6 nitrogen and oxygen atoms in total. The minimum Gasteiger partial charge on any atom is -0.491 e. The summed E-state index contributed by atoms with van der Waals surface area (Å²) in [5.41, 5.74) is 1.07. The van der Waals surface area contributed by atoms with E-state index in [2.05, 4.69) is 17.1 Å².